The van der Waals surface area contributed by atoms with Crippen molar-refractivity contribution in [3.05, 3.63) is 29.3 Å². The highest BCUT2D eigenvalue weighted by atomic mass is 16.3. The Labute approximate surface area is 198 Å². The number of phenolic OH excluding ortho intramolecular Hbond substituents is 1. The average molecular weight is 453 g/mol. The van der Waals surface area contributed by atoms with E-state index in [0.29, 0.717) is 19.4 Å². The maximum Gasteiger partial charge on any atom is 0.223 e. The number of aromatic hydroxyl groups is 1. The summed E-state index contributed by atoms with van der Waals surface area (Å²) in [5, 5.41) is 22.9. The third-order valence-corrected chi connectivity index (χ3v) is 9.96. The fraction of sp³-hybridized carbons (Fsp3) is 0.750. The molecule has 5 nitrogen and oxygen atoms in total. The summed E-state index contributed by atoms with van der Waals surface area (Å²) in [7, 11) is 0. The molecule has 2 saturated carbocycles. The molecule has 0 aromatic heterocycles. The molecule has 2 bridgehead atoms. The zero-order chi connectivity index (χ0) is 22.6. The van der Waals surface area contributed by atoms with Crippen molar-refractivity contribution in [2.45, 2.75) is 94.1 Å². The minimum Gasteiger partial charge on any atom is -0.508 e. The molecule has 4 fully saturated rings. The van der Waals surface area contributed by atoms with Crippen molar-refractivity contribution >= 4 is 5.91 Å². The maximum absolute atomic E-state index is 13.7. The van der Waals surface area contributed by atoms with Crippen molar-refractivity contribution in [3.8, 4) is 5.75 Å². The minimum absolute atomic E-state index is 0.0648. The van der Waals surface area contributed by atoms with Crippen LogP contribution in [-0.4, -0.2) is 63.7 Å². The third kappa shape index (κ3) is 3.70. The molecule has 5 aliphatic rings. The second kappa shape index (κ2) is 8.27. The number of hydrogen-bond acceptors (Lipinski definition) is 4. The number of piperidine rings is 1. The second-order valence-electron chi connectivity index (χ2n) is 11.9. The number of phenols is 1. The molecule has 2 aliphatic heterocycles. The van der Waals surface area contributed by atoms with Crippen molar-refractivity contribution in [1.29, 1.82) is 0 Å². The van der Waals surface area contributed by atoms with E-state index in [0.717, 1.165) is 56.3 Å². The monoisotopic (exact) mass is 452 g/mol. The van der Waals surface area contributed by atoms with Crippen LogP contribution < -0.4 is 0 Å². The first-order valence-corrected chi connectivity index (χ1v) is 13.6. The van der Waals surface area contributed by atoms with Gasteiger partial charge in [0.2, 0.25) is 5.91 Å². The van der Waals surface area contributed by atoms with Crippen LogP contribution >= 0.6 is 0 Å². The highest BCUT2D eigenvalue weighted by Crippen LogP contribution is 2.57. The molecule has 1 amide bonds. The number of carbonyl (C=O) groups is 1. The van der Waals surface area contributed by atoms with Gasteiger partial charge >= 0.3 is 0 Å². The predicted octanol–water partition coefficient (Wildman–Crippen LogP) is 3.99. The normalized spacial score (nSPS) is 35.1. The predicted molar refractivity (Wildman–Crippen MR) is 128 cm³/mol. The molecule has 6 rings (SSSR count). The Morgan fingerprint density at radius 3 is 2.61 bits per heavy atom. The first kappa shape index (κ1) is 21.9. The van der Waals surface area contributed by atoms with Gasteiger partial charge in [0.05, 0.1) is 5.60 Å². The molecule has 1 aromatic carbocycles. The average Bonchev–Trinajstić information content (AvgIpc) is 3.63. The topological polar surface area (TPSA) is 64.0 Å². The van der Waals surface area contributed by atoms with Crippen LogP contribution in [0.3, 0.4) is 0 Å². The van der Waals surface area contributed by atoms with Gasteiger partial charge in [0.1, 0.15) is 5.75 Å². The zero-order valence-corrected chi connectivity index (χ0v) is 20.0. The number of amides is 1. The van der Waals surface area contributed by atoms with Gasteiger partial charge in [-0.2, -0.15) is 0 Å². The Morgan fingerprint density at radius 2 is 1.82 bits per heavy atom. The van der Waals surface area contributed by atoms with E-state index in [1.807, 2.05) is 12.1 Å². The van der Waals surface area contributed by atoms with Gasteiger partial charge in [-0.3, -0.25) is 9.69 Å². The Kier molecular flexibility index (Phi) is 5.49. The number of rotatable bonds is 5. The maximum atomic E-state index is 13.7. The van der Waals surface area contributed by atoms with Gasteiger partial charge in [-0.1, -0.05) is 38.2 Å². The van der Waals surface area contributed by atoms with E-state index in [-0.39, 0.29) is 17.7 Å². The molecule has 180 valence electrons. The van der Waals surface area contributed by atoms with Crippen LogP contribution in [0, 0.1) is 11.8 Å². The number of benzene rings is 1. The van der Waals surface area contributed by atoms with Crippen LogP contribution in [0.4, 0.5) is 0 Å². The smallest absolute Gasteiger partial charge is 0.223 e. The van der Waals surface area contributed by atoms with E-state index >= 15 is 0 Å². The summed E-state index contributed by atoms with van der Waals surface area (Å²) in [4.78, 5) is 18.3. The highest BCUT2D eigenvalue weighted by molar-refractivity contribution is 5.79. The van der Waals surface area contributed by atoms with Crippen LogP contribution in [0.25, 0.3) is 0 Å². The quantitative estimate of drug-likeness (QED) is 0.709. The van der Waals surface area contributed by atoms with Gasteiger partial charge in [-0.05, 0) is 80.2 Å². The summed E-state index contributed by atoms with van der Waals surface area (Å²) in [5.41, 5.74) is 0.748. The first-order chi connectivity index (χ1) is 16.0. The lowest BCUT2D eigenvalue weighted by Crippen LogP contribution is -2.71. The zero-order valence-electron chi connectivity index (χ0n) is 20.0. The van der Waals surface area contributed by atoms with Crippen molar-refractivity contribution in [3.63, 3.8) is 0 Å². The Hall–Kier alpha value is -1.59. The van der Waals surface area contributed by atoms with Crippen LogP contribution in [0.15, 0.2) is 18.2 Å². The Bertz CT molecular complexity index is 908. The fourth-order valence-electron chi connectivity index (χ4n) is 7.83. The molecule has 0 spiro atoms. The van der Waals surface area contributed by atoms with Crippen LogP contribution in [-0.2, 0) is 16.6 Å². The summed E-state index contributed by atoms with van der Waals surface area (Å²) >= 11 is 0. The molecule has 2 heterocycles. The molecule has 3 aliphatic carbocycles. The molecular formula is C28H40N2O3. The number of fused-ring (bicyclic) bond motifs is 1. The third-order valence-electron chi connectivity index (χ3n) is 9.96. The molecule has 3 atom stereocenters. The van der Waals surface area contributed by atoms with E-state index in [1.54, 1.807) is 6.07 Å². The molecule has 0 unspecified atom stereocenters. The SMILES string of the molecule is O=C1C[C@]23CCN(CC4CC4)[C@H](Cc4ccc(O)cc42)[C@]3(O)CCN1CCC1CCCCC1. The molecule has 2 saturated heterocycles. The van der Waals surface area contributed by atoms with Crippen molar-refractivity contribution in [2.75, 3.05) is 26.2 Å². The number of carbonyl (C=O) groups excluding carboxylic acids is 1. The molecule has 0 radical (unpaired) electrons. The van der Waals surface area contributed by atoms with Crippen LogP contribution in [0.2, 0.25) is 0 Å². The molecule has 33 heavy (non-hydrogen) atoms. The van der Waals surface area contributed by atoms with Crippen molar-refractivity contribution in [1.82, 2.24) is 9.80 Å². The number of hydrogen-bond donors (Lipinski definition) is 2. The number of nitrogens with zero attached hydrogens (tertiary/aromatic N) is 2. The fourth-order valence-corrected chi connectivity index (χ4v) is 7.83. The van der Waals surface area contributed by atoms with Crippen LogP contribution in [0.1, 0.15) is 81.8 Å². The van der Waals surface area contributed by atoms with E-state index in [9.17, 15) is 15.0 Å². The van der Waals surface area contributed by atoms with Gasteiger partial charge in [0.25, 0.3) is 0 Å². The molecule has 5 heteroatoms. The van der Waals surface area contributed by atoms with E-state index in [4.69, 9.17) is 0 Å². The van der Waals surface area contributed by atoms with E-state index in [1.165, 1.54) is 50.5 Å². The summed E-state index contributed by atoms with van der Waals surface area (Å²) < 4.78 is 0. The Balaban J connectivity index is 1.32. The van der Waals surface area contributed by atoms with Gasteiger partial charge in [-0.15, -0.1) is 0 Å². The van der Waals surface area contributed by atoms with Gasteiger partial charge in [0.15, 0.2) is 0 Å². The first-order valence-electron chi connectivity index (χ1n) is 13.6. The van der Waals surface area contributed by atoms with Gasteiger partial charge in [0, 0.05) is 37.5 Å². The van der Waals surface area contributed by atoms with E-state index in [2.05, 4.69) is 9.80 Å². The van der Waals surface area contributed by atoms with Crippen molar-refractivity contribution in [2.24, 2.45) is 11.8 Å². The number of likely N-dealkylation sites (tertiary alicyclic amines) is 2. The van der Waals surface area contributed by atoms with Crippen LogP contribution in [0.5, 0.6) is 5.75 Å². The standard InChI is InChI=1S/C28H40N2O3/c31-23-9-8-22-16-25-28(33)12-15-29(13-10-20-4-2-1-3-5-20)26(32)18-27(28,24(22)17-23)11-14-30(25)19-21-6-7-21/h8-9,17,20-21,25,31,33H,1-7,10-16,18-19H2/t25-,27-,28-/m1/s1. The lowest BCUT2D eigenvalue weighted by atomic mass is 9.52. The second-order valence-corrected chi connectivity index (χ2v) is 11.9. The largest absolute Gasteiger partial charge is 0.508 e. The summed E-state index contributed by atoms with van der Waals surface area (Å²) in [6.07, 6.45) is 13.0. The minimum atomic E-state index is -0.920. The van der Waals surface area contributed by atoms with E-state index < -0.39 is 11.0 Å². The highest BCUT2D eigenvalue weighted by Gasteiger charge is 2.64. The van der Waals surface area contributed by atoms with Gasteiger partial charge < -0.3 is 15.1 Å². The lowest BCUT2D eigenvalue weighted by Gasteiger charge is -2.61. The van der Waals surface area contributed by atoms with Crippen molar-refractivity contribution < 1.29 is 15.0 Å². The summed E-state index contributed by atoms with van der Waals surface area (Å²) in [6, 6.07) is 5.74. The molecule has 2 N–H and O–H groups in total. The Morgan fingerprint density at radius 1 is 1.00 bits per heavy atom. The lowest BCUT2D eigenvalue weighted by molar-refractivity contribution is -0.153. The molecule has 1 aromatic rings. The molecular weight excluding hydrogens is 412 g/mol. The summed E-state index contributed by atoms with van der Waals surface area (Å²) in [6.45, 7) is 3.51. The summed E-state index contributed by atoms with van der Waals surface area (Å²) in [5.74, 6) is 1.98. The van der Waals surface area contributed by atoms with Gasteiger partial charge in [-0.25, -0.2) is 0 Å². The number of aliphatic hydroxyl groups is 1.